The van der Waals surface area contributed by atoms with E-state index in [9.17, 15) is 4.79 Å². The van der Waals surface area contributed by atoms with Crippen LogP contribution in [0.25, 0.3) is 11.3 Å². The van der Waals surface area contributed by atoms with Crippen LogP contribution in [0, 0.1) is 19.8 Å². The van der Waals surface area contributed by atoms with Gasteiger partial charge in [-0.2, -0.15) is 0 Å². The molecule has 3 rings (SSSR count). The van der Waals surface area contributed by atoms with Crippen LogP contribution < -0.4 is 5.32 Å². The number of carbonyl (C=O) groups excluding carboxylic acids is 1. The molecule has 1 saturated carbocycles. The first kappa shape index (κ1) is 12.4. The van der Waals surface area contributed by atoms with Gasteiger partial charge >= 0.3 is 0 Å². The minimum atomic E-state index is 0.115. The van der Waals surface area contributed by atoms with Crippen molar-refractivity contribution in [3.8, 4) is 11.3 Å². The van der Waals surface area contributed by atoms with Gasteiger partial charge in [0.1, 0.15) is 0 Å². The number of aromatic nitrogens is 1. The molecule has 1 heterocycles. The van der Waals surface area contributed by atoms with E-state index in [0.29, 0.717) is 5.13 Å². The summed E-state index contributed by atoms with van der Waals surface area (Å²) in [7, 11) is 0. The van der Waals surface area contributed by atoms with Crippen LogP contribution in [0.1, 0.15) is 23.3 Å². The van der Waals surface area contributed by atoms with Crippen LogP contribution >= 0.6 is 11.3 Å². The summed E-state index contributed by atoms with van der Waals surface area (Å²) in [5.74, 6) is 0.330. The van der Waals surface area contributed by atoms with Crippen molar-refractivity contribution in [2.24, 2.45) is 5.92 Å². The normalized spacial score (nSPS) is 14.4. The van der Waals surface area contributed by atoms with Crippen molar-refractivity contribution in [1.82, 2.24) is 4.98 Å². The second kappa shape index (κ2) is 4.78. The van der Waals surface area contributed by atoms with E-state index >= 15 is 0 Å². The highest BCUT2D eigenvalue weighted by Gasteiger charge is 2.30. The molecule has 1 aliphatic carbocycles. The average Bonchev–Trinajstić information content (AvgIpc) is 3.16. The summed E-state index contributed by atoms with van der Waals surface area (Å²) in [4.78, 5) is 17.4. The number of benzene rings is 1. The minimum absolute atomic E-state index is 0.115. The van der Waals surface area contributed by atoms with Gasteiger partial charge in [0.25, 0.3) is 0 Å². The summed E-state index contributed by atoms with van der Waals surface area (Å²) in [5, 5.41) is 3.63. The first-order valence-corrected chi connectivity index (χ1v) is 7.30. The molecule has 0 unspecified atom stereocenters. The highest BCUT2D eigenvalue weighted by atomic mass is 32.1. The van der Waals surface area contributed by atoms with Crippen molar-refractivity contribution in [3.63, 3.8) is 0 Å². The molecule has 4 heteroatoms. The molecule has 1 N–H and O–H groups in total. The molecule has 1 aromatic carbocycles. The minimum Gasteiger partial charge on any atom is -0.302 e. The summed E-state index contributed by atoms with van der Waals surface area (Å²) in [6, 6.07) is 8.31. The Morgan fingerprint density at radius 1 is 1.26 bits per heavy atom. The van der Waals surface area contributed by atoms with Gasteiger partial charge in [0.15, 0.2) is 5.13 Å². The third-order valence-corrected chi connectivity index (χ3v) is 4.19. The lowest BCUT2D eigenvalue weighted by Crippen LogP contribution is -2.12. The number of hydrogen-bond acceptors (Lipinski definition) is 3. The fourth-order valence-electron chi connectivity index (χ4n) is 1.98. The number of carbonyl (C=O) groups is 1. The molecular weight excluding hydrogens is 256 g/mol. The monoisotopic (exact) mass is 272 g/mol. The largest absolute Gasteiger partial charge is 0.302 e. The topological polar surface area (TPSA) is 42.0 Å². The number of hydrogen-bond donors (Lipinski definition) is 1. The van der Waals surface area contributed by atoms with Gasteiger partial charge in [-0.15, -0.1) is 11.3 Å². The van der Waals surface area contributed by atoms with Crippen molar-refractivity contribution >= 4 is 22.4 Å². The first-order chi connectivity index (χ1) is 9.13. The smallest absolute Gasteiger partial charge is 0.229 e. The van der Waals surface area contributed by atoms with Crippen molar-refractivity contribution < 1.29 is 4.79 Å². The molecule has 0 bridgehead atoms. The summed E-state index contributed by atoms with van der Waals surface area (Å²) in [6.07, 6.45) is 2.03. The van der Waals surface area contributed by atoms with Crippen molar-refractivity contribution in [3.05, 3.63) is 34.7 Å². The Labute approximate surface area is 116 Å². The van der Waals surface area contributed by atoms with Gasteiger partial charge in [-0.05, 0) is 26.7 Å². The van der Waals surface area contributed by atoms with Gasteiger partial charge in [0, 0.05) is 16.4 Å². The Kier molecular flexibility index (Phi) is 3.11. The van der Waals surface area contributed by atoms with Gasteiger partial charge < -0.3 is 5.32 Å². The number of nitrogens with one attached hydrogen (secondary N) is 1. The molecule has 1 fully saturated rings. The molecule has 0 atom stereocenters. The lowest BCUT2D eigenvalue weighted by Gasteiger charge is -1.99. The van der Waals surface area contributed by atoms with Gasteiger partial charge in [0.2, 0.25) is 5.91 Å². The van der Waals surface area contributed by atoms with E-state index in [1.165, 1.54) is 5.56 Å². The Morgan fingerprint density at radius 2 is 1.95 bits per heavy atom. The highest BCUT2D eigenvalue weighted by Crippen LogP contribution is 2.33. The number of amides is 1. The Balaban J connectivity index is 1.84. The van der Waals surface area contributed by atoms with Crippen LogP contribution in [-0.2, 0) is 4.79 Å². The molecule has 19 heavy (non-hydrogen) atoms. The van der Waals surface area contributed by atoms with Gasteiger partial charge in [-0.1, -0.05) is 29.8 Å². The molecule has 0 spiro atoms. The molecule has 1 amide bonds. The predicted octanol–water partition coefficient (Wildman–Crippen LogP) is 3.78. The molecule has 1 aromatic heterocycles. The maximum Gasteiger partial charge on any atom is 0.229 e. The molecule has 0 radical (unpaired) electrons. The fourth-order valence-corrected chi connectivity index (χ4v) is 2.82. The SMILES string of the molecule is Cc1ccc(-c2nc(NC(=O)C3CC3)sc2C)cc1. The van der Waals surface area contributed by atoms with E-state index in [0.717, 1.165) is 29.0 Å². The lowest BCUT2D eigenvalue weighted by atomic mass is 10.1. The van der Waals surface area contributed by atoms with E-state index in [2.05, 4.69) is 41.5 Å². The van der Waals surface area contributed by atoms with E-state index in [1.807, 2.05) is 6.92 Å². The van der Waals surface area contributed by atoms with Crippen molar-refractivity contribution in [2.45, 2.75) is 26.7 Å². The Morgan fingerprint density at radius 3 is 2.58 bits per heavy atom. The van der Waals surface area contributed by atoms with E-state index < -0.39 is 0 Å². The molecule has 3 nitrogen and oxygen atoms in total. The van der Waals surface area contributed by atoms with E-state index in [-0.39, 0.29) is 11.8 Å². The zero-order valence-corrected chi connectivity index (χ0v) is 11.9. The summed E-state index contributed by atoms with van der Waals surface area (Å²) in [6.45, 7) is 4.11. The summed E-state index contributed by atoms with van der Waals surface area (Å²) in [5.41, 5.74) is 3.31. The predicted molar refractivity (Wildman–Crippen MR) is 78.4 cm³/mol. The standard InChI is InChI=1S/C15H16N2OS/c1-9-3-5-11(6-4-9)13-10(2)19-15(16-13)17-14(18)12-7-8-12/h3-6,12H,7-8H2,1-2H3,(H,16,17,18). The van der Waals surface area contributed by atoms with Crippen LogP contribution in [0.3, 0.4) is 0 Å². The van der Waals surface area contributed by atoms with Gasteiger partial charge in [-0.3, -0.25) is 4.79 Å². The number of aryl methyl sites for hydroxylation is 2. The maximum absolute atomic E-state index is 11.7. The van der Waals surface area contributed by atoms with Crippen LogP contribution in [-0.4, -0.2) is 10.9 Å². The zero-order chi connectivity index (χ0) is 13.4. The number of anilines is 1. The summed E-state index contributed by atoms with van der Waals surface area (Å²) >= 11 is 1.54. The van der Waals surface area contributed by atoms with Gasteiger partial charge in [-0.25, -0.2) is 4.98 Å². The second-order valence-corrected chi connectivity index (χ2v) is 6.26. The molecule has 98 valence electrons. The lowest BCUT2D eigenvalue weighted by molar-refractivity contribution is -0.117. The van der Waals surface area contributed by atoms with E-state index in [4.69, 9.17) is 0 Å². The van der Waals surface area contributed by atoms with Crippen molar-refractivity contribution in [1.29, 1.82) is 0 Å². The summed E-state index contributed by atoms with van der Waals surface area (Å²) < 4.78 is 0. The fraction of sp³-hybridized carbons (Fsp3) is 0.333. The van der Waals surface area contributed by atoms with E-state index in [1.54, 1.807) is 11.3 Å². The highest BCUT2D eigenvalue weighted by molar-refractivity contribution is 7.16. The molecule has 0 aliphatic heterocycles. The van der Waals surface area contributed by atoms with Crippen molar-refractivity contribution in [2.75, 3.05) is 5.32 Å². The molecular formula is C15H16N2OS. The maximum atomic E-state index is 11.7. The van der Waals surface area contributed by atoms with Crippen LogP contribution in [0.4, 0.5) is 5.13 Å². The third-order valence-electron chi connectivity index (χ3n) is 3.30. The number of nitrogens with zero attached hydrogens (tertiary/aromatic N) is 1. The first-order valence-electron chi connectivity index (χ1n) is 6.49. The third kappa shape index (κ3) is 2.68. The molecule has 2 aromatic rings. The van der Waals surface area contributed by atoms with Crippen LogP contribution in [0.5, 0.6) is 0 Å². The van der Waals surface area contributed by atoms with Crippen LogP contribution in [0.15, 0.2) is 24.3 Å². The Hall–Kier alpha value is -1.68. The number of rotatable bonds is 3. The average molecular weight is 272 g/mol. The molecule has 0 saturated heterocycles. The van der Waals surface area contributed by atoms with Gasteiger partial charge in [0.05, 0.1) is 5.69 Å². The molecule has 1 aliphatic rings. The Bertz CT molecular complexity index is 612. The zero-order valence-electron chi connectivity index (χ0n) is 11.1. The second-order valence-electron chi connectivity index (χ2n) is 5.05. The number of thiazole rings is 1. The quantitative estimate of drug-likeness (QED) is 0.924. The van der Waals surface area contributed by atoms with Crippen LogP contribution in [0.2, 0.25) is 0 Å².